The average molecular weight is 318 g/mol. The molecule has 0 aliphatic heterocycles. The van der Waals surface area contributed by atoms with Gasteiger partial charge in [0.1, 0.15) is 0 Å². The van der Waals surface area contributed by atoms with Crippen molar-refractivity contribution >= 4 is 6.03 Å². The number of rotatable bonds is 4. The van der Waals surface area contributed by atoms with Gasteiger partial charge in [-0.15, -0.1) is 0 Å². The molecule has 7 heteroatoms. The summed E-state index contributed by atoms with van der Waals surface area (Å²) < 4.78 is 1.55. The summed E-state index contributed by atoms with van der Waals surface area (Å²) >= 11 is 0. The molecular weight excluding hydrogens is 296 g/mol. The van der Waals surface area contributed by atoms with E-state index in [-0.39, 0.29) is 30.3 Å². The fourth-order valence-corrected chi connectivity index (χ4v) is 2.82. The van der Waals surface area contributed by atoms with Crippen LogP contribution in [0.15, 0.2) is 27.9 Å². The number of aromatic nitrogens is 2. The van der Waals surface area contributed by atoms with Crippen LogP contribution in [0.1, 0.15) is 44.2 Å². The van der Waals surface area contributed by atoms with E-state index in [1.165, 1.54) is 0 Å². The molecular formula is C16H22N4O3. The Morgan fingerprint density at radius 1 is 1.30 bits per heavy atom. The van der Waals surface area contributed by atoms with Gasteiger partial charge >= 0.3 is 11.7 Å². The van der Waals surface area contributed by atoms with E-state index in [2.05, 4.69) is 34.7 Å². The van der Waals surface area contributed by atoms with Crippen LogP contribution in [0.25, 0.3) is 0 Å². The van der Waals surface area contributed by atoms with Crippen molar-refractivity contribution in [2.45, 2.75) is 51.2 Å². The zero-order valence-electron chi connectivity index (χ0n) is 13.2. The maximum Gasteiger partial charge on any atom is 0.328 e. The highest BCUT2D eigenvalue weighted by molar-refractivity contribution is 5.74. The molecule has 23 heavy (non-hydrogen) atoms. The van der Waals surface area contributed by atoms with E-state index in [9.17, 15) is 14.4 Å². The Labute approximate surface area is 133 Å². The van der Waals surface area contributed by atoms with Crippen molar-refractivity contribution in [3.05, 3.63) is 44.8 Å². The van der Waals surface area contributed by atoms with Crippen LogP contribution in [0.2, 0.25) is 0 Å². The van der Waals surface area contributed by atoms with Gasteiger partial charge in [-0.3, -0.25) is 14.3 Å². The Hall–Kier alpha value is -2.31. The Bertz CT molecular complexity index is 730. The van der Waals surface area contributed by atoms with Gasteiger partial charge < -0.3 is 10.6 Å². The van der Waals surface area contributed by atoms with Gasteiger partial charge in [0.15, 0.2) is 0 Å². The number of hydrogen-bond acceptors (Lipinski definition) is 3. The summed E-state index contributed by atoms with van der Waals surface area (Å²) in [7, 11) is 0. The molecule has 1 heterocycles. The van der Waals surface area contributed by atoms with Gasteiger partial charge in [0.2, 0.25) is 0 Å². The number of urea groups is 1. The SMILES string of the molecule is C[C@@H]1CC=CC[C@H]1NC(=O)NCc1cn(C2CC2)c(=O)[nH]c1=O. The lowest BCUT2D eigenvalue weighted by Gasteiger charge is -2.26. The third kappa shape index (κ3) is 3.72. The van der Waals surface area contributed by atoms with E-state index in [1.54, 1.807) is 10.8 Å². The minimum absolute atomic E-state index is 0.102. The first-order chi connectivity index (χ1) is 11.0. The van der Waals surface area contributed by atoms with E-state index in [0.29, 0.717) is 11.5 Å². The predicted octanol–water partition coefficient (Wildman–Crippen LogP) is 1.03. The van der Waals surface area contributed by atoms with Crippen LogP contribution in [0, 0.1) is 5.92 Å². The lowest BCUT2D eigenvalue weighted by Crippen LogP contribution is -2.45. The molecule has 2 atom stereocenters. The quantitative estimate of drug-likeness (QED) is 0.723. The second kappa shape index (κ2) is 6.44. The molecule has 1 saturated carbocycles. The topological polar surface area (TPSA) is 96.0 Å². The predicted molar refractivity (Wildman–Crippen MR) is 86.3 cm³/mol. The summed E-state index contributed by atoms with van der Waals surface area (Å²) in [5.41, 5.74) is -0.432. The molecule has 7 nitrogen and oxygen atoms in total. The number of allylic oxidation sites excluding steroid dienone is 1. The van der Waals surface area contributed by atoms with E-state index in [1.807, 2.05) is 0 Å². The van der Waals surface area contributed by atoms with Gasteiger partial charge in [0.25, 0.3) is 5.56 Å². The monoisotopic (exact) mass is 318 g/mol. The van der Waals surface area contributed by atoms with E-state index >= 15 is 0 Å². The van der Waals surface area contributed by atoms with Crippen LogP contribution in [0.4, 0.5) is 4.79 Å². The molecule has 0 spiro atoms. The molecule has 124 valence electrons. The smallest absolute Gasteiger partial charge is 0.328 e. The molecule has 0 aromatic carbocycles. The highest BCUT2D eigenvalue weighted by Crippen LogP contribution is 2.32. The lowest BCUT2D eigenvalue weighted by atomic mass is 9.91. The third-order valence-electron chi connectivity index (χ3n) is 4.49. The van der Waals surface area contributed by atoms with Crippen LogP contribution in [0.5, 0.6) is 0 Å². The number of hydrogen-bond donors (Lipinski definition) is 3. The molecule has 0 saturated heterocycles. The first kappa shape index (κ1) is 15.6. The molecule has 2 aliphatic rings. The number of amides is 2. The molecule has 0 bridgehead atoms. The third-order valence-corrected chi connectivity index (χ3v) is 4.49. The van der Waals surface area contributed by atoms with E-state index in [4.69, 9.17) is 0 Å². The summed E-state index contributed by atoms with van der Waals surface area (Å²) in [6.07, 6.45) is 9.44. The molecule has 1 fully saturated rings. The first-order valence-electron chi connectivity index (χ1n) is 8.08. The van der Waals surface area contributed by atoms with Gasteiger partial charge in [-0.05, 0) is 31.6 Å². The van der Waals surface area contributed by atoms with Crippen molar-refractivity contribution in [3.8, 4) is 0 Å². The Morgan fingerprint density at radius 2 is 2.04 bits per heavy atom. The second-order valence-corrected chi connectivity index (χ2v) is 6.41. The molecule has 2 amide bonds. The molecule has 3 rings (SSSR count). The Morgan fingerprint density at radius 3 is 2.74 bits per heavy atom. The van der Waals surface area contributed by atoms with Gasteiger partial charge in [0, 0.05) is 18.3 Å². The van der Waals surface area contributed by atoms with Crippen LogP contribution in [-0.4, -0.2) is 21.6 Å². The summed E-state index contributed by atoms with van der Waals surface area (Å²) in [5.74, 6) is 0.394. The van der Waals surface area contributed by atoms with Gasteiger partial charge in [0.05, 0.1) is 12.1 Å². The number of H-pyrrole nitrogens is 1. The molecule has 0 radical (unpaired) electrons. The lowest BCUT2D eigenvalue weighted by molar-refractivity contribution is 0.231. The fraction of sp³-hybridized carbons (Fsp3) is 0.562. The van der Waals surface area contributed by atoms with Crippen LogP contribution in [0.3, 0.4) is 0 Å². The number of nitrogens with one attached hydrogen (secondary N) is 3. The first-order valence-corrected chi connectivity index (χ1v) is 8.08. The second-order valence-electron chi connectivity index (χ2n) is 6.41. The van der Waals surface area contributed by atoms with Crippen LogP contribution in [-0.2, 0) is 6.54 Å². The maximum atomic E-state index is 12.0. The molecule has 1 aromatic heterocycles. The largest absolute Gasteiger partial charge is 0.335 e. The number of carbonyl (C=O) groups is 1. The van der Waals surface area contributed by atoms with Gasteiger partial charge in [-0.25, -0.2) is 9.59 Å². The number of carbonyl (C=O) groups excluding carboxylic acids is 1. The van der Waals surface area contributed by atoms with Crippen molar-refractivity contribution in [1.82, 2.24) is 20.2 Å². The minimum Gasteiger partial charge on any atom is -0.335 e. The van der Waals surface area contributed by atoms with E-state index in [0.717, 1.165) is 25.7 Å². The molecule has 1 aromatic rings. The Balaban J connectivity index is 1.60. The zero-order chi connectivity index (χ0) is 16.4. The summed E-state index contributed by atoms with van der Waals surface area (Å²) in [6, 6.07) is 0.00114. The molecule has 3 N–H and O–H groups in total. The van der Waals surface area contributed by atoms with Crippen LogP contribution >= 0.6 is 0 Å². The normalized spacial score (nSPS) is 23.5. The van der Waals surface area contributed by atoms with Crippen molar-refractivity contribution < 1.29 is 4.79 Å². The molecule has 2 aliphatic carbocycles. The van der Waals surface area contributed by atoms with Gasteiger partial charge in [-0.2, -0.15) is 0 Å². The molecule has 0 unspecified atom stereocenters. The van der Waals surface area contributed by atoms with Crippen molar-refractivity contribution in [3.63, 3.8) is 0 Å². The fourth-order valence-electron chi connectivity index (χ4n) is 2.82. The maximum absolute atomic E-state index is 12.0. The van der Waals surface area contributed by atoms with Gasteiger partial charge in [-0.1, -0.05) is 19.1 Å². The van der Waals surface area contributed by atoms with Crippen molar-refractivity contribution in [2.24, 2.45) is 5.92 Å². The standard InChI is InChI=1S/C16H22N4O3/c1-10-4-2-3-5-13(10)18-15(22)17-8-11-9-20(12-6-7-12)16(23)19-14(11)21/h2-3,9-10,12-13H,4-8H2,1H3,(H2,17,18,22)(H,19,21,23)/t10-,13-/m1/s1. The summed E-state index contributed by atoms with van der Waals surface area (Å²) in [6.45, 7) is 2.20. The Kier molecular flexibility index (Phi) is 4.36. The number of aromatic amines is 1. The highest BCUT2D eigenvalue weighted by atomic mass is 16.2. The van der Waals surface area contributed by atoms with Crippen LogP contribution < -0.4 is 21.9 Å². The van der Waals surface area contributed by atoms with Crippen molar-refractivity contribution in [2.75, 3.05) is 0 Å². The minimum atomic E-state index is -0.443. The van der Waals surface area contributed by atoms with E-state index < -0.39 is 5.56 Å². The van der Waals surface area contributed by atoms with Crippen molar-refractivity contribution in [1.29, 1.82) is 0 Å². The number of nitrogens with zero attached hydrogens (tertiary/aromatic N) is 1. The average Bonchev–Trinajstić information content (AvgIpc) is 3.33. The highest BCUT2D eigenvalue weighted by Gasteiger charge is 2.25. The summed E-state index contributed by atoms with van der Waals surface area (Å²) in [4.78, 5) is 37.9. The summed E-state index contributed by atoms with van der Waals surface area (Å²) in [5, 5.41) is 5.64. The zero-order valence-corrected chi connectivity index (χ0v) is 13.2.